The fourth-order valence-electron chi connectivity index (χ4n) is 2.89. The molecule has 0 radical (unpaired) electrons. The molecule has 0 saturated carbocycles. The van der Waals surface area contributed by atoms with Crippen LogP contribution in [0.4, 0.5) is 5.69 Å². The van der Waals surface area contributed by atoms with Crippen LogP contribution in [0.25, 0.3) is 6.08 Å². The number of hydrogen-bond acceptors (Lipinski definition) is 4. The number of rotatable bonds is 8. The van der Waals surface area contributed by atoms with Gasteiger partial charge in [-0.3, -0.25) is 9.69 Å². The van der Waals surface area contributed by atoms with E-state index >= 15 is 0 Å². The van der Waals surface area contributed by atoms with Crippen molar-refractivity contribution in [3.63, 3.8) is 0 Å². The number of carbonyl (C=O) groups excluding carboxylic acids is 2. The summed E-state index contributed by atoms with van der Waals surface area (Å²) in [5.41, 5.74) is 3.39. The molecule has 0 aliphatic carbocycles. The van der Waals surface area contributed by atoms with E-state index in [0.29, 0.717) is 12.3 Å². The molecule has 0 fully saturated rings. The van der Waals surface area contributed by atoms with Crippen LogP contribution in [0, 0.1) is 13.8 Å². The summed E-state index contributed by atoms with van der Waals surface area (Å²) in [6.45, 7) is 9.84. The third kappa shape index (κ3) is 6.35. The Kier molecular flexibility index (Phi) is 7.96. The van der Waals surface area contributed by atoms with Crippen LogP contribution in [0.15, 0.2) is 48.5 Å². The zero-order chi connectivity index (χ0) is 20.5. The van der Waals surface area contributed by atoms with Gasteiger partial charge in [0, 0.05) is 11.8 Å². The highest BCUT2D eigenvalue weighted by Gasteiger charge is 2.13. The minimum Gasteiger partial charge on any atom is -0.423 e. The van der Waals surface area contributed by atoms with E-state index in [1.165, 1.54) is 6.08 Å². The van der Waals surface area contributed by atoms with Gasteiger partial charge in [0.1, 0.15) is 5.75 Å². The Balaban J connectivity index is 2.03. The predicted molar refractivity (Wildman–Crippen MR) is 113 cm³/mol. The van der Waals surface area contributed by atoms with Crippen molar-refractivity contribution in [1.82, 2.24) is 4.90 Å². The molecule has 0 atom stereocenters. The van der Waals surface area contributed by atoms with Gasteiger partial charge in [-0.15, -0.1) is 0 Å². The summed E-state index contributed by atoms with van der Waals surface area (Å²) in [5, 5.41) is 2.97. The highest BCUT2D eigenvalue weighted by Crippen LogP contribution is 2.26. The third-order valence-corrected chi connectivity index (χ3v) is 4.46. The van der Waals surface area contributed by atoms with Crippen LogP contribution in [0.3, 0.4) is 0 Å². The van der Waals surface area contributed by atoms with Gasteiger partial charge < -0.3 is 10.1 Å². The first-order valence-electron chi connectivity index (χ1n) is 9.51. The molecule has 1 amide bonds. The molecule has 0 spiro atoms. The van der Waals surface area contributed by atoms with Crippen molar-refractivity contribution in [1.29, 1.82) is 0 Å². The van der Waals surface area contributed by atoms with Gasteiger partial charge in [-0.05, 0) is 61.8 Å². The normalized spacial score (nSPS) is 11.0. The number of carbonyl (C=O) groups is 2. The topological polar surface area (TPSA) is 58.6 Å². The molecule has 0 bridgehead atoms. The molecule has 0 heterocycles. The molecule has 2 rings (SSSR count). The molecule has 0 aromatic heterocycles. The summed E-state index contributed by atoms with van der Waals surface area (Å²) in [7, 11) is 0. The Morgan fingerprint density at radius 1 is 1.04 bits per heavy atom. The van der Waals surface area contributed by atoms with Crippen molar-refractivity contribution in [2.45, 2.75) is 27.7 Å². The highest BCUT2D eigenvalue weighted by molar-refractivity contribution is 5.94. The zero-order valence-corrected chi connectivity index (χ0v) is 17.0. The Morgan fingerprint density at radius 2 is 1.64 bits per heavy atom. The summed E-state index contributed by atoms with van der Waals surface area (Å²) < 4.78 is 5.41. The van der Waals surface area contributed by atoms with Gasteiger partial charge in [0.2, 0.25) is 5.91 Å². The van der Waals surface area contributed by atoms with Crippen LogP contribution in [-0.2, 0) is 9.59 Å². The van der Waals surface area contributed by atoms with Crippen molar-refractivity contribution >= 4 is 23.6 Å². The molecule has 0 aliphatic rings. The lowest BCUT2D eigenvalue weighted by Gasteiger charge is -2.19. The Labute approximate surface area is 167 Å². The molecule has 0 saturated heterocycles. The maximum atomic E-state index is 12.3. The molecule has 2 aromatic carbocycles. The van der Waals surface area contributed by atoms with Gasteiger partial charge in [-0.2, -0.15) is 0 Å². The first kappa shape index (κ1) is 21.4. The van der Waals surface area contributed by atoms with E-state index in [0.717, 1.165) is 35.5 Å². The van der Waals surface area contributed by atoms with Crippen LogP contribution in [0.1, 0.15) is 30.5 Å². The van der Waals surface area contributed by atoms with E-state index in [9.17, 15) is 9.59 Å². The summed E-state index contributed by atoms with van der Waals surface area (Å²) in [6, 6.07) is 13.1. The van der Waals surface area contributed by atoms with Gasteiger partial charge >= 0.3 is 5.97 Å². The lowest BCUT2D eigenvalue weighted by molar-refractivity contribution is -0.129. The van der Waals surface area contributed by atoms with Crippen molar-refractivity contribution < 1.29 is 14.3 Å². The van der Waals surface area contributed by atoms with E-state index in [2.05, 4.69) is 10.2 Å². The summed E-state index contributed by atoms with van der Waals surface area (Å²) in [5.74, 6) is -0.0362. The van der Waals surface area contributed by atoms with E-state index < -0.39 is 5.97 Å². The fourth-order valence-corrected chi connectivity index (χ4v) is 2.89. The second-order valence-corrected chi connectivity index (χ2v) is 6.61. The molecule has 148 valence electrons. The SMILES string of the molecule is CCN(CC)CC(=O)Nc1c(C)cc(OC(=O)/C=C/c2ccccc2)cc1C. The zero-order valence-electron chi connectivity index (χ0n) is 17.0. The molecule has 2 aromatic rings. The number of anilines is 1. The smallest absolute Gasteiger partial charge is 0.336 e. The van der Waals surface area contributed by atoms with Crippen LogP contribution in [0.5, 0.6) is 5.75 Å². The number of esters is 1. The van der Waals surface area contributed by atoms with Gasteiger partial charge in [0.25, 0.3) is 0 Å². The number of nitrogens with zero attached hydrogens (tertiary/aromatic N) is 1. The quantitative estimate of drug-likeness (QED) is 0.424. The number of likely N-dealkylation sites (N-methyl/N-ethyl adjacent to an activating group) is 1. The number of nitrogens with one attached hydrogen (secondary N) is 1. The van der Waals surface area contributed by atoms with E-state index in [1.807, 2.05) is 58.0 Å². The molecule has 5 nitrogen and oxygen atoms in total. The maximum absolute atomic E-state index is 12.3. The average molecular weight is 380 g/mol. The standard InChI is InChI=1S/C23H28N2O3/c1-5-25(6-2)16-21(26)24-23-17(3)14-20(15-18(23)4)28-22(27)13-12-19-10-8-7-9-11-19/h7-15H,5-6,16H2,1-4H3,(H,24,26)/b13-12+. The summed E-state index contributed by atoms with van der Waals surface area (Å²) in [4.78, 5) is 26.4. The molecular formula is C23H28N2O3. The number of hydrogen-bond donors (Lipinski definition) is 1. The van der Waals surface area contributed by atoms with Gasteiger partial charge in [-0.25, -0.2) is 4.79 Å². The van der Waals surface area contributed by atoms with Crippen molar-refractivity contribution in [3.8, 4) is 5.75 Å². The molecule has 0 unspecified atom stereocenters. The number of ether oxygens (including phenoxy) is 1. The lowest BCUT2D eigenvalue weighted by atomic mass is 10.1. The van der Waals surface area contributed by atoms with Gasteiger partial charge in [-0.1, -0.05) is 44.2 Å². The van der Waals surface area contributed by atoms with Gasteiger partial charge in [0.05, 0.1) is 6.54 Å². The monoisotopic (exact) mass is 380 g/mol. The molecule has 1 N–H and O–H groups in total. The van der Waals surface area contributed by atoms with Crippen LogP contribution in [-0.4, -0.2) is 36.4 Å². The lowest BCUT2D eigenvalue weighted by Crippen LogP contribution is -2.33. The number of amides is 1. The van der Waals surface area contributed by atoms with Crippen LogP contribution < -0.4 is 10.1 Å². The minimum absolute atomic E-state index is 0.0505. The Bertz CT molecular complexity index is 817. The van der Waals surface area contributed by atoms with E-state index in [1.54, 1.807) is 18.2 Å². The number of benzene rings is 2. The second-order valence-electron chi connectivity index (χ2n) is 6.61. The predicted octanol–water partition coefficient (Wildman–Crippen LogP) is 4.20. The fraction of sp³-hybridized carbons (Fsp3) is 0.304. The molecule has 5 heteroatoms. The van der Waals surface area contributed by atoms with Crippen molar-refractivity contribution in [2.24, 2.45) is 0 Å². The van der Waals surface area contributed by atoms with E-state index in [-0.39, 0.29) is 5.91 Å². The first-order chi connectivity index (χ1) is 13.4. The van der Waals surface area contributed by atoms with Crippen molar-refractivity contribution in [2.75, 3.05) is 25.0 Å². The van der Waals surface area contributed by atoms with E-state index in [4.69, 9.17) is 4.74 Å². The van der Waals surface area contributed by atoms with Gasteiger partial charge in [0.15, 0.2) is 0 Å². The average Bonchev–Trinajstić information content (AvgIpc) is 2.68. The third-order valence-electron chi connectivity index (χ3n) is 4.46. The van der Waals surface area contributed by atoms with Crippen molar-refractivity contribution in [3.05, 3.63) is 65.2 Å². The summed E-state index contributed by atoms with van der Waals surface area (Å²) >= 11 is 0. The van der Waals surface area contributed by atoms with Crippen LogP contribution >= 0.6 is 0 Å². The Morgan fingerprint density at radius 3 is 2.21 bits per heavy atom. The molecule has 0 aliphatic heterocycles. The molecular weight excluding hydrogens is 352 g/mol. The maximum Gasteiger partial charge on any atom is 0.336 e. The number of aryl methyl sites for hydroxylation is 2. The van der Waals surface area contributed by atoms with Crippen LogP contribution in [0.2, 0.25) is 0 Å². The highest BCUT2D eigenvalue weighted by atomic mass is 16.5. The second kappa shape index (κ2) is 10.4. The summed E-state index contributed by atoms with van der Waals surface area (Å²) in [6.07, 6.45) is 3.11. The largest absolute Gasteiger partial charge is 0.423 e. The minimum atomic E-state index is -0.444. The Hall–Kier alpha value is -2.92. The molecule has 28 heavy (non-hydrogen) atoms. The first-order valence-corrected chi connectivity index (χ1v) is 9.51.